The van der Waals surface area contributed by atoms with Crippen LogP contribution in [0.5, 0.6) is 5.75 Å². The lowest BCUT2D eigenvalue weighted by Gasteiger charge is -2.44. The van der Waals surface area contributed by atoms with Gasteiger partial charge in [0, 0.05) is 22.2 Å². The average molecular weight is 397 g/mol. The molecular formula is C22H18Cl2N2O. The second-order valence-electron chi connectivity index (χ2n) is 6.35. The second kappa shape index (κ2) is 7.63. The molecule has 0 aromatic heterocycles. The topological polar surface area (TPSA) is 24.8 Å². The molecule has 136 valence electrons. The number of aliphatic imine (C=N–C) groups is 1. The first-order valence-corrected chi connectivity index (χ1v) is 9.41. The summed E-state index contributed by atoms with van der Waals surface area (Å²) in [5.41, 5.74) is 3.07. The summed E-state index contributed by atoms with van der Waals surface area (Å²) in [5, 5.41) is 1.28. The first kappa shape index (κ1) is 17.9. The van der Waals surface area contributed by atoms with E-state index in [0.717, 1.165) is 34.9 Å². The fraction of sp³-hybridized carbons (Fsp3) is 0.136. The van der Waals surface area contributed by atoms with E-state index < -0.39 is 0 Å². The second-order valence-corrected chi connectivity index (χ2v) is 7.23. The number of ether oxygens (including phenoxy) is 1. The van der Waals surface area contributed by atoms with Gasteiger partial charge in [0.15, 0.2) is 0 Å². The van der Waals surface area contributed by atoms with E-state index in [1.54, 1.807) is 13.2 Å². The Morgan fingerprint density at radius 2 is 1.59 bits per heavy atom. The van der Waals surface area contributed by atoms with Gasteiger partial charge in [-0.3, -0.25) is 0 Å². The lowest BCUT2D eigenvalue weighted by molar-refractivity contribution is 0.415. The van der Waals surface area contributed by atoms with E-state index in [2.05, 4.69) is 4.90 Å². The summed E-state index contributed by atoms with van der Waals surface area (Å²) in [4.78, 5) is 7.05. The molecule has 1 saturated heterocycles. The van der Waals surface area contributed by atoms with Crippen molar-refractivity contribution in [1.82, 2.24) is 0 Å². The standard InChI is InChI=1S/C22H18Cl2N2O/c1-27-20-9-7-19(8-10-20)26-21(15-11-16(23)13-17(24)12-15)14-22(26)25-18-5-3-2-4-6-18/h2-13,21H,14H2,1H3. The van der Waals surface area contributed by atoms with Gasteiger partial charge in [0.1, 0.15) is 11.6 Å². The van der Waals surface area contributed by atoms with Crippen molar-refractivity contribution in [1.29, 1.82) is 0 Å². The lowest BCUT2D eigenvalue weighted by Crippen LogP contribution is -2.46. The number of benzene rings is 3. The highest BCUT2D eigenvalue weighted by atomic mass is 35.5. The molecule has 1 atom stereocenters. The van der Waals surface area contributed by atoms with Gasteiger partial charge in [-0.15, -0.1) is 0 Å². The molecule has 1 unspecified atom stereocenters. The number of anilines is 1. The number of para-hydroxylation sites is 1. The van der Waals surface area contributed by atoms with E-state index in [0.29, 0.717) is 10.0 Å². The van der Waals surface area contributed by atoms with Gasteiger partial charge in [-0.2, -0.15) is 0 Å². The maximum atomic E-state index is 6.22. The fourth-order valence-corrected chi connectivity index (χ4v) is 3.83. The van der Waals surface area contributed by atoms with E-state index in [9.17, 15) is 0 Å². The highest BCUT2D eigenvalue weighted by Crippen LogP contribution is 2.42. The van der Waals surface area contributed by atoms with Crippen molar-refractivity contribution in [3.05, 3.63) is 88.4 Å². The maximum Gasteiger partial charge on any atom is 0.119 e. The van der Waals surface area contributed by atoms with Crippen LogP contribution in [-0.2, 0) is 0 Å². The van der Waals surface area contributed by atoms with Crippen LogP contribution in [0.25, 0.3) is 0 Å². The molecule has 3 aromatic rings. The maximum absolute atomic E-state index is 6.22. The van der Waals surface area contributed by atoms with E-state index in [-0.39, 0.29) is 6.04 Å². The molecule has 3 aromatic carbocycles. The molecule has 0 N–H and O–H groups in total. The van der Waals surface area contributed by atoms with Crippen molar-refractivity contribution >= 4 is 40.4 Å². The molecule has 1 aliphatic heterocycles. The SMILES string of the molecule is COc1ccc(N2C(=Nc3ccccc3)CC2c2cc(Cl)cc(Cl)c2)cc1. The van der Waals surface area contributed by atoms with Crippen molar-refractivity contribution < 1.29 is 4.74 Å². The quantitative estimate of drug-likeness (QED) is 0.490. The first-order valence-electron chi connectivity index (χ1n) is 8.66. The van der Waals surface area contributed by atoms with Gasteiger partial charge in [-0.1, -0.05) is 41.4 Å². The molecule has 1 heterocycles. The van der Waals surface area contributed by atoms with Gasteiger partial charge in [-0.25, -0.2) is 4.99 Å². The molecule has 0 radical (unpaired) electrons. The van der Waals surface area contributed by atoms with Crippen LogP contribution in [0.4, 0.5) is 11.4 Å². The van der Waals surface area contributed by atoms with Crippen LogP contribution in [0.15, 0.2) is 77.8 Å². The Labute approximate surface area is 168 Å². The Bertz CT molecular complexity index is 951. The van der Waals surface area contributed by atoms with E-state index in [4.69, 9.17) is 32.9 Å². The largest absolute Gasteiger partial charge is 0.497 e. The molecule has 0 spiro atoms. The van der Waals surface area contributed by atoms with Crippen LogP contribution in [-0.4, -0.2) is 12.9 Å². The number of halogens is 2. The van der Waals surface area contributed by atoms with Crippen molar-refractivity contribution in [3.8, 4) is 5.75 Å². The number of amidine groups is 1. The number of rotatable bonds is 4. The van der Waals surface area contributed by atoms with Crippen LogP contribution < -0.4 is 9.64 Å². The Morgan fingerprint density at radius 1 is 0.926 bits per heavy atom. The van der Waals surface area contributed by atoms with Gasteiger partial charge >= 0.3 is 0 Å². The van der Waals surface area contributed by atoms with Gasteiger partial charge in [0.25, 0.3) is 0 Å². The minimum absolute atomic E-state index is 0.136. The molecule has 1 fully saturated rings. The van der Waals surface area contributed by atoms with E-state index in [1.165, 1.54) is 0 Å². The van der Waals surface area contributed by atoms with Gasteiger partial charge in [-0.05, 0) is 60.2 Å². The van der Waals surface area contributed by atoms with Gasteiger partial charge < -0.3 is 9.64 Å². The zero-order chi connectivity index (χ0) is 18.8. The summed E-state index contributed by atoms with van der Waals surface area (Å²) in [6.07, 6.45) is 0.817. The molecule has 0 amide bonds. The molecule has 4 rings (SSSR count). The van der Waals surface area contributed by atoms with Gasteiger partial charge in [0.2, 0.25) is 0 Å². The fourth-order valence-electron chi connectivity index (χ4n) is 3.29. The molecule has 5 heteroatoms. The molecule has 0 saturated carbocycles. The normalized spacial score (nSPS) is 17.7. The molecule has 3 nitrogen and oxygen atoms in total. The highest BCUT2D eigenvalue weighted by molar-refractivity contribution is 6.34. The third-order valence-electron chi connectivity index (χ3n) is 4.60. The zero-order valence-corrected chi connectivity index (χ0v) is 16.3. The van der Waals surface area contributed by atoms with Crippen molar-refractivity contribution in [2.24, 2.45) is 4.99 Å². The monoisotopic (exact) mass is 396 g/mol. The van der Waals surface area contributed by atoms with E-state index in [1.807, 2.05) is 66.7 Å². The van der Waals surface area contributed by atoms with Crippen LogP contribution >= 0.6 is 23.2 Å². The average Bonchev–Trinajstić information content (AvgIpc) is 2.65. The van der Waals surface area contributed by atoms with Crippen molar-refractivity contribution in [2.45, 2.75) is 12.5 Å². The Balaban J connectivity index is 1.72. The third-order valence-corrected chi connectivity index (χ3v) is 5.04. The van der Waals surface area contributed by atoms with Crippen molar-refractivity contribution in [3.63, 3.8) is 0 Å². The van der Waals surface area contributed by atoms with Crippen LogP contribution in [0.3, 0.4) is 0 Å². The predicted octanol–water partition coefficient (Wildman–Crippen LogP) is 6.68. The minimum atomic E-state index is 0.136. The van der Waals surface area contributed by atoms with Crippen LogP contribution in [0.2, 0.25) is 10.0 Å². The number of hydrogen-bond donors (Lipinski definition) is 0. The Hall–Kier alpha value is -2.49. The lowest BCUT2D eigenvalue weighted by atomic mass is 9.92. The number of methoxy groups -OCH3 is 1. The summed E-state index contributed by atoms with van der Waals surface area (Å²) in [5.74, 6) is 1.83. The van der Waals surface area contributed by atoms with Crippen LogP contribution in [0, 0.1) is 0 Å². The summed E-state index contributed by atoms with van der Waals surface area (Å²) < 4.78 is 5.28. The first-order chi connectivity index (χ1) is 13.1. The van der Waals surface area contributed by atoms with Crippen LogP contribution in [0.1, 0.15) is 18.0 Å². The third kappa shape index (κ3) is 3.80. The minimum Gasteiger partial charge on any atom is -0.497 e. The summed E-state index contributed by atoms with van der Waals surface area (Å²) in [7, 11) is 1.66. The van der Waals surface area contributed by atoms with Gasteiger partial charge in [0.05, 0.1) is 18.8 Å². The highest BCUT2D eigenvalue weighted by Gasteiger charge is 2.36. The van der Waals surface area contributed by atoms with Crippen molar-refractivity contribution in [2.75, 3.05) is 12.0 Å². The van der Waals surface area contributed by atoms with E-state index >= 15 is 0 Å². The smallest absolute Gasteiger partial charge is 0.119 e. The Kier molecular flexibility index (Phi) is 5.06. The molecule has 27 heavy (non-hydrogen) atoms. The predicted molar refractivity (Wildman–Crippen MR) is 113 cm³/mol. The summed E-state index contributed by atoms with van der Waals surface area (Å²) in [6, 6.07) is 23.8. The Morgan fingerprint density at radius 3 is 2.22 bits per heavy atom. The number of nitrogens with zero attached hydrogens (tertiary/aromatic N) is 2. The number of hydrogen-bond acceptors (Lipinski definition) is 2. The molecular weight excluding hydrogens is 379 g/mol. The zero-order valence-electron chi connectivity index (χ0n) is 14.8. The summed E-state index contributed by atoms with van der Waals surface area (Å²) >= 11 is 12.4. The summed E-state index contributed by atoms with van der Waals surface area (Å²) in [6.45, 7) is 0. The molecule has 0 bridgehead atoms. The molecule has 0 aliphatic carbocycles. The molecule has 1 aliphatic rings.